The lowest BCUT2D eigenvalue weighted by Crippen LogP contribution is -1.97. The average Bonchev–Trinajstić information content (AvgIpc) is 2.42. The summed E-state index contributed by atoms with van der Waals surface area (Å²) < 4.78 is 5.12. The topological polar surface area (TPSA) is 9.23 Å². The number of hydrogen-bond donors (Lipinski definition) is 0. The molecule has 1 atom stereocenters. The zero-order valence-corrected chi connectivity index (χ0v) is 13.7. The van der Waals surface area contributed by atoms with Gasteiger partial charge in [-0.2, -0.15) is 0 Å². The summed E-state index contributed by atoms with van der Waals surface area (Å²) >= 11 is 24.5. The Hall–Kier alpha value is -0.600. The van der Waals surface area contributed by atoms with Gasteiger partial charge in [0.2, 0.25) is 0 Å². The second-order valence-corrected chi connectivity index (χ2v) is 6.06. The first-order valence-corrected chi connectivity index (χ1v) is 7.49. The summed E-state index contributed by atoms with van der Waals surface area (Å²) in [4.78, 5) is 0. The molecule has 0 bridgehead atoms. The largest absolute Gasteiger partial charge is 0.497 e. The van der Waals surface area contributed by atoms with Crippen molar-refractivity contribution in [2.45, 2.75) is 11.8 Å². The van der Waals surface area contributed by atoms with E-state index in [0.29, 0.717) is 27.2 Å². The van der Waals surface area contributed by atoms with Gasteiger partial charge in [-0.05, 0) is 41.8 Å². The van der Waals surface area contributed by atoms with Crippen LogP contribution in [0, 0.1) is 0 Å². The quantitative estimate of drug-likeness (QED) is 0.599. The van der Waals surface area contributed by atoms with Gasteiger partial charge in [-0.25, -0.2) is 0 Å². The third kappa shape index (κ3) is 3.73. The fourth-order valence-electron chi connectivity index (χ4n) is 1.87. The Bertz CT molecular complexity index is 613. The Labute approximate surface area is 138 Å². The van der Waals surface area contributed by atoms with Gasteiger partial charge in [0.1, 0.15) is 5.75 Å². The first kappa shape index (κ1) is 15.8. The van der Waals surface area contributed by atoms with Crippen molar-refractivity contribution in [1.82, 2.24) is 0 Å². The molecule has 0 aliphatic carbocycles. The molecule has 0 aromatic heterocycles. The number of hydrogen-bond acceptors (Lipinski definition) is 1. The van der Waals surface area contributed by atoms with Gasteiger partial charge in [-0.1, -0.05) is 46.9 Å². The first-order valence-electron chi connectivity index (χ1n) is 5.92. The third-order valence-electron chi connectivity index (χ3n) is 2.94. The lowest BCUT2D eigenvalue weighted by atomic mass is 10.0. The molecule has 0 amide bonds. The zero-order chi connectivity index (χ0) is 14.7. The number of halogens is 4. The van der Waals surface area contributed by atoms with Crippen molar-refractivity contribution in [3.8, 4) is 5.75 Å². The van der Waals surface area contributed by atoms with Crippen LogP contribution in [0.25, 0.3) is 0 Å². The van der Waals surface area contributed by atoms with Crippen LogP contribution in [0.2, 0.25) is 15.1 Å². The number of alkyl halides is 1. The van der Waals surface area contributed by atoms with Crippen LogP contribution in [0.15, 0.2) is 36.4 Å². The molecule has 0 saturated carbocycles. The second-order valence-electron chi connectivity index (χ2n) is 4.31. The molecule has 1 nitrogen and oxygen atoms in total. The predicted octanol–water partition coefficient (Wildman–Crippen LogP) is 6.18. The van der Waals surface area contributed by atoms with Crippen molar-refractivity contribution in [3.63, 3.8) is 0 Å². The summed E-state index contributed by atoms with van der Waals surface area (Å²) in [6, 6.07) is 10.9. The monoisotopic (exact) mass is 348 g/mol. The summed E-state index contributed by atoms with van der Waals surface area (Å²) in [5.41, 5.74) is 1.87. The van der Waals surface area contributed by atoms with Gasteiger partial charge in [0.05, 0.1) is 22.5 Å². The molecule has 2 aromatic rings. The highest BCUT2D eigenvalue weighted by molar-refractivity contribution is 6.42. The molecule has 0 saturated heterocycles. The SMILES string of the molecule is COc1ccc(C(Cl)Cc2ccc(Cl)c(Cl)c2)c(Cl)c1. The summed E-state index contributed by atoms with van der Waals surface area (Å²) in [6.45, 7) is 0. The fraction of sp³-hybridized carbons (Fsp3) is 0.200. The number of benzene rings is 2. The van der Waals surface area contributed by atoms with Crippen molar-refractivity contribution < 1.29 is 4.74 Å². The van der Waals surface area contributed by atoms with E-state index in [2.05, 4.69) is 0 Å². The van der Waals surface area contributed by atoms with E-state index in [1.165, 1.54) is 0 Å². The van der Waals surface area contributed by atoms with Crippen LogP contribution in [0.3, 0.4) is 0 Å². The summed E-state index contributed by atoms with van der Waals surface area (Å²) in [7, 11) is 1.60. The minimum Gasteiger partial charge on any atom is -0.497 e. The second kappa shape index (κ2) is 6.91. The maximum absolute atomic E-state index is 6.43. The van der Waals surface area contributed by atoms with Gasteiger partial charge in [0.15, 0.2) is 0 Å². The number of rotatable bonds is 4. The van der Waals surface area contributed by atoms with Crippen LogP contribution in [0.1, 0.15) is 16.5 Å². The minimum atomic E-state index is -0.245. The van der Waals surface area contributed by atoms with Gasteiger partial charge in [-0.15, -0.1) is 11.6 Å². The molecule has 2 aromatic carbocycles. The van der Waals surface area contributed by atoms with E-state index in [1.54, 1.807) is 19.2 Å². The molecule has 20 heavy (non-hydrogen) atoms. The molecule has 0 heterocycles. The minimum absolute atomic E-state index is 0.245. The van der Waals surface area contributed by atoms with Gasteiger partial charge in [-0.3, -0.25) is 0 Å². The molecular weight excluding hydrogens is 338 g/mol. The molecule has 0 aliphatic heterocycles. The van der Waals surface area contributed by atoms with E-state index in [1.807, 2.05) is 24.3 Å². The average molecular weight is 350 g/mol. The van der Waals surface area contributed by atoms with E-state index in [0.717, 1.165) is 11.1 Å². The van der Waals surface area contributed by atoms with Crippen LogP contribution in [0.5, 0.6) is 5.75 Å². The Balaban J connectivity index is 2.19. The summed E-state index contributed by atoms with van der Waals surface area (Å²) in [5, 5.41) is 1.40. The standard InChI is InChI=1S/C15H12Cl4O/c1-20-10-3-4-11(14(18)8-10)13(17)6-9-2-5-12(16)15(19)7-9/h2-5,7-8,13H,6H2,1H3. The molecule has 1 unspecified atom stereocenters. The predicted molar refractivity (Wildman–Crippen MR) is 86.8 cm³/mol. The van der Waals surface area contributed by atoms with Crippen LogP contribution in [0.4, 0.5) is 0 Å². The van der Waals surface area contributed by atoms with Crippen LogP contribution >= 0.6 is 46.4 Å². The van der Waals surface area contributed by atoms with Crippen molar-refractivity contribution in [1.29, 1.82) is 0 Å². The fourth-order valence-corrected chi connectivity index (χ4v) is 2.92. The summed E-state index contributed by atoms with van der Waals surface area (Å²) in [6.07, 6.45) is 0.616. The van der Waals surface area contributed by atoms with E-state index in [-0.39, 0.29) is 5.38 Å². The van der Waals surface area contributed by atoms with Crippen molar-refractivity contribution in [3.05, 3.63) is 62.6 Å². The molecule has 0 fully saturated rings. The van der Waals surface area contributed by atoms with Gasteiger partial charge < -0.3 is 4.74 Å². The Kier molecular flexibility index (Phi) is 5.45. The van der Waals surface area contributed by atoms with Crippen LogP contribution in [-0.4, -0.2) is 7.11 Å². The zero-order valence-electron chi connectivity index (χ0n) is 10.7. The van der Waals surface area contributed by atoms with Crippen LogP contribution in [-0.2, 0) is 6.42 Å². The molecule has 0 spiro atoms. The highest BCUT2D eigenvalue weighted by atomic mass is 35.5. The number of methoxy groups -OCH3 is 1. The van der Waals surface area contributed by atoms with Crippen molar-refractivity contribution >= 4 is 46.4 Å². The highest BCUT2D eigenvalue weighted by Crippen LogP contribution is 2.34. The maximum Gasteiger partial charge on any atom is 0.120 e. The van der Waals surface area contributed by atoms with Gasteiger partial charge in [0.25, 0.3) is 0 Å². The molecule has 0 N–H and O–H groups in total. The Morgan fingerprint density at radius 3 is 2.30 bits per heavy atom. The lowest BCUT2D eigenvalue weighted by molar-refractivity contribution is 0.414. The Morgan fingerprint density at radius 2 is 1.70 bits per heavy atom. The smallest absolute Gasteiger partial charge is 0.120 e. The van der Waals surface area contributed by atoms with Crippen molar-refractivity contribution in [2.75, 3.05) is 7.11 Å². The highest BCUT2D eigenvalue weighted by Gasteiger charge is 2.14. The van der Waals surface area contributed by atoms with E-state index < -0.39 is 0 Å². The van der Waals surface area contributed by atoms with Crippen LogP contribution < -0.4 is 4.74 Å². The Morgan fingerprint density at radius 1 is 0.950 bits per heavy atom. The molecular formula is C15H12Cl4O. The number of ether oxygens (including phenoxy) is 1. The normalized spacial score (nSPS) is 12.2. The first-order chi connectivity index (χ1) is 9.51. The van der Waals surface area contributed by atoms with E-state index in [9.17, 15) is 0 Å². The van der Waals surface area contributed by atoms with Crippen molar-refractivity contribution in [2.24, 2.45) is 0 Å². The van der Waals surface area contributed by atoms with Gasteiger partial charge in [0, 0.05) is 5.02 Å². The molecule has 5 heteroatoms. The third-order valence-corrected chi connectivity index (χ3v) is 4.40. The molecule has 0 radical (unpaired) electrons. The molecule has 106 valence electrons. The molecule has 2 rings (SSSR count). The summed E-state index contributed by atoms with van der Waals surface area (Å²) in [5.74, 6) is 0.706. The maximum atomic E-state index is 6.43. The lowest BCUT2D eigenvalue weighted by Gasteiger charge is -2.13. The van der Waals surface area contributed by atoms with Gasteiger partial charge >= 0.3 is 0 Å². The van der Waals surface area contributed by atoms with E-state index >= 15 is 0 Å². The van der Waals surface area contributed by atoms with E-state index in [4.69, 9.17) is 51.1 Å². The molecule has 0 aliphatic rings.